The normalized spacial score (nSPS) is 22.2. The number of benzene rings is 2. The Bertz CT molecular complexity index is 2050. The molecule has 52 heavy (non-hydrogen) atoms. The number of aromatic amines is 2. The topological polar surface area (TPSA) is 126 Å². The van der Waals surface area contributed by atoms with Crippen molar-refractivity contribution in [2.75, 3.05) is 26.3 Å². The summed E-state index contributed by atoms with van der Waals surface area (Å²) in [7, 11) is 0. The highest BCUT2D eigenvalue weighted by Crippen LogP contribution is 2.47. The second-order valence-corrected chi connectivity index (χ2v) is 16.4. The van der Waals surface area contributed by atoms with Crippen LogP contribution in [0.2, 0.25) is 0 Å². The van der Waals surface area contributed by atoms with Gasteiger partial charge in [0.05, 0.1) is 35.4 Å². The Balaban J connectivity index is 1.05. The monoisotopic (exact) mass is 704 g/mol. The maximum atomic E-state index is 13.4. The van der Waals surface area contributed by atoms with Gasteiger partial charge in [-0.1, -0.05) is 36.1 Å². The molecule has 0 unspecified atom stereocenters. The van der Waals surface area contributed by atoms with Crippen molar-refractivity contribution in [2.45, 2.75) is 90.5 Å². The second-order valence-electron chi connectivity index (χ2n) is 16.4. The van der Waals surface area contributed by atoms with Crippen molar-refractivity contribution in [1.82, 2.24) is 29.7 Å². The van der Waals surface area contributed by atoms with E-state index in [2.05, 4.69) is 28.4 Å². The third-order valence-corrected chi connectivity index (χ3v) is 9.68. The molecule has 0 radical (unpaired) electrons. The zero-order valence-electron chi connectivity index (χ0n) is 31.0. The zero-order valence-corrected chi connectivity index (χ0v) is 31.0. The number of hydrogen-bond donors (Lipinski definition) is 2. The van der Waals surface area contributed by atoms with Crippen LogP contribution in [0.15, 0.2) is 60.8 Å². The van der Waals surface area contributed by atoms with Gasteiger partial charge in [-0.2, -0.15) is 0 Å². The Labute approximate surface area is 305 Å². The minimum atomic E-state index is -0.594. The fraction of sp³-hybridized carbons (Fsp3) is 0.463. The van der Waals surface area contributed by atoms with Gasteiger partial charge in [0, 0.05) is 48.0 Å². The summed E-state index contributed by atoms with van der Waals surface area (Å²) >= 11 is 0. The van der Waals surface area contributed by atoms with E-state index in [1.54, 1.807) is 4.90 Å². The Morgan fingerprint density at radius 2 is 1.62 bits per heavy atom. The second kappa shape index (κ2) is 13.5. The summed E-state index contributed by atoms with van der Waals surface area (Å²) in [5.74, 6) is 8.01. The van der Waals surface area contributed by atoms with Crippen molar-refractivity contribution in [1.29, 1.82) is 0 Å². The van der Waals surface area contributed by atoms with E-state index >= 15 is 0 Å². The van der Waals surface area contributed by atoms with Gasteiger partial charge >= 0.3 is 12.2 Å². The van der Waals surface area contributed by atoms with Crippen molar-refractivity contribution in [3.05, 3.63) is 83.6 Å². The molecule has 11 heteroatoms. The van der Waals surface area contributed by atoms with Crippen LogP contribution in [0, 0.1) is 17.3 Å². The van der Waals surface area contributed by atoms with Crippen LogP contribution in [0.25, 0.3) is 22.3 Å². The predicted molar refractivity (Wildman–Crippen MR) is 198 cm³/mol. The molecule has 272 valence electrons. The maximum Gasteiger partial charge on any atom is 0.411 e. The average Bonchev–Trinajstić information content (AvgIpc) is 3.87. The van der Waals surface area contributed by atoms with Crippen LogP contribution in [0.5, 0.6) is 0 Å². The molecule has 11 nitrogen and oxygen atoms in total. The van der Waals surface area contributed by atoms with E-state index < -0.39 is 11.2 Å². The molecule has 7 rings (SSSR count). The molecule has 0 bridgehead atoms. The van der Waals surface area contributed by atoms with Gasteiger partial charge in [-0.25, -0.2) is 19.6 Å². The number of rotatable bonds is 3. The summed E-state index contributed by atoms with van der Waals surface area (Å²) in [6.45, 7) is 17.8. The molecule has 3 saturated heterocycles. The summed E-state index contributed by atoms with van der Waals surface area (Å²) in [4.78, 5) is 46.3. The fourth-order valence-corrected chi connectivity index (χ4v) is 7.35. The van der Waals surface area contributed by atoms with Crippen LogP contribution >= 0.6 is 0 Å². The molecule has 4 aromatic rings. The molecule has 3 atom stereocenters. The number of amides is 2. The minimum absolute atomic E-state index is 0.0983. The molecule has 2 amide bonds. The lowest BCUT2D eigenvalue weighted by Crippen LogP contribution is -2.40. The van der Waals surface area contributed by atoms with Gasteiger partial charge in [0.15, 0.2) is 0 Å². The summed E-state index contributed by atoms with van der Waals surface area (Å²) in [6.07, 6.45) is 4.57. The predicted octanol–water partition coefficient (Wildman–Crippen LogP) is 8.07. The van der Waals surface area contributed by atoms with Crippen LogP contribution in [0.4, 0.5) is 9.59 Å². The zero-order chi connectivity index (χ0) is 36.8. The quantitative estimate of drug-likeness (QED) is 0.163. The molecule has 2 N–H and O–H groups in total. The van der Waals surface area contributed by atoms with Crippen molar-refractivity contribution in [2.24, 2.45) is 5.41 Å². The molecule has 0 saturated carbocycles. The summed E-state index contributed by atoms with van der Waals surface area (Å²) < 4.78 is 17.3. The fourth-order valence-electron chi connectivity index (χ4n) is 7.35. The first-order valence-corrected chi connectivity index (χ1v) is 18.0. The number of hydrogen-bond acceptors (Lipinski definition) is 7. The number of carbonyl (C=O) groups excluding carboxylic acids is 2. The lowest BCUT2D eigenvalue weighted by molar-refractivity contribution is -0.00755. The third-order valence-electron chi connectivity index (χ3n) is 9.68. The van der Waals surface area contributed by atoms with Crippen molar-refractivity contribution in [3.63, 3.8) is 0 Å². The third kappa shape index (κ3) is 7.72. The van der Waals surface area contributed by atoms with Gasteiger partial charge in [0.2, 0.25) is 0 Å². The van der Waals surface area contributed by atoms with Gasteiger partial charge in [-0.15, -0.1) is 0 Å². The number of imidazole rings is 2. The molecule has 3 fully saturated rings. The lowest BCUT2D eigenvalue weighted by atomic mass is 9.80. The number of fused-ring (bicyclic) bond motifs is 1. The highest BCUT2D eigenvalue weighted by Gasteiger charge is 2.49. The molecule has 0 aliphatic carbocycles. The molecule has 3 aliphatic heterocycles. The first kappa shape index (κ1) is 35.3. The molecule has 2 aromatic heterocycles. The summed E-state index contributed by atoms with van der Waals surface area (Å²) in [6, 6.07) is 13.4. The van der Waals surface area contributed by atoms with Gasteiger partial charge in [0.1, 0.15) is 22.9 Å². The van der Waals surface area contributed by atoms with Crippen LogP contribution < -0.4 is 0 Å². The molecule has 5 heterocycles. The van der Waals surface area contributed by atoms with E-state index in [4.69, 9.17) is 24.2 Å². The summed E-state index contributed by atoms with van der Waals surface area (Å²) in [5, 5.41) is 0. The van der Waals surface area contributed by atoms with Crippen LogP contribution in [-0.2, 0) is 14.2 Å². The number of likely N-dealkylation sites (tertiary alicyclic amines) is 2. The van der Waals surface area contributed by atoms with Crippen molar-refractivity contribution >= 4 is 23.2 Å². The Hall–Kier alpha value is -5.08. The van der Waals surface area contributed by atoms with E-state index in [-0.39, 0.29) is 29.7 Å². The molecular weight excluding hydrogens is 656 g/mol. The van der Waals surface area contributed by atoms with Crippen LogP contribution in [-0.4, -0.2) is 79.4 Å². The number of nitrogens with zero attached hydrogens (tertiary/aromatic N) is 4. The summed E-state index contributed by atoms with van der Waals surface area (Å²) in [5.41, 5.74) is 4.80. The first-order chi connectivity index (χ1) is 24.6. The Morgan fingerprint density at radius 1 is 0.923 bits per heavy atom. The Morgan fingerprint density at radius 3 is 2.31 bits per heavy atom. The highest BCUT2D eigenvalue weighted by atomic mass is 16.6. The van der Waals surface area contributed by atoms with E-state index in [9.17, 15) is 9.59 Å². The van der Waals surface area contributed by atoms with Gasteiger partial charge in [0.25, 0.3) is 0 Å². The molecule has 1 spiro atoms. The van der Waals surface area contributed by atoms with E-state index in [1.807, 2.05) is 95.1 Å². The van der Waals surface area contributed by atoms with Gasteiger partial charge < -0.3 is 24.2 Å². The van der Waals surface area contributed by atoms with E-state index in [1.165, 1.54) is 0 Å². The van der Waals surface area contributed by atoms with E-state index in [0.717, 1.165) is 70.7 Å². The number of ether oxygens (including phenoxy) is 3. The molecule has 2 aromatic carbocycles. The van der Waals surface area contributed by atoms with Crippen LogP contribution in [0.3, 0.4) is 0 Å². The average molecular weight is 705 g/mol. The lowest BCUT2D eigenvalue weighted by Gasteiger charge is -2.33. The van der Waals surface area contributed by atoms with Crippen molar-refractivity contribution in [3.8, 4) is 23.1 Å². The number of nitrogens with one attached hydrogen (secondary N) is 2. The first-order valence-electron chi connectivity index (χ1n) is 18.0. The minimum Gasteiger partial charge on any atom is -0.444 e. The Kier molecular flexibility index (Phi) is 9.16. The maximum absolute atomic E-state index is 13.4. The number of aromatic nitrogens is 4. The van der Waals surface area contributed by atoms with Gasteiger partial charge in [-0.05, 0) is 97.6 Å². The number of carbonyl (C=O) groups is 2. The molecule has 3 aliphatic rings. The highest BCUT2D eigenvalue weighted by molar-refractivity contribution is 5.78. The van der Waals surface area contributed by atoms with E-state index in [0.29, 0.717) is 31.9 Å². The molecular formula is C41H48N6O5. The SMILES string of the molecule is C=C1C[C@@H](c2nc(-c3ccc(C#Cc4ccc5[nH]c([C@@H]6C[C@]7(CCCOC7)CN6C(=O)OC(C)(C)C)nc5c4)cc3)c[nH]2)N(C(=O)OC(C)(C)C)C1. The largest absolute Gasteiger partial charge is 0.444 e. The standard InChI is InChI=1S/C41H48N6O5/c1-26-19-33(46(23-26)37(48)51-39(2,3)4)35-42-22-32(45-35)29-14-11-27(12-15-29)9-10-28-13-16-30-31(20-28)44-36(43-30)34-21-41(17-8-18-50-25-41)24-47(34)38(49)52-40(5,6)7/h11-16,20,22,33-34H,1,8,17-19,21,23-25H2,2-7H3,(H,42,45)(H,43,44)/t33-,34-,41+/m0/s1. The number of H-pyrrole nitrogens is 2. The van der Waals surface area contributed by atoms with Crippen LogP contribution in [0.1, 0.15) is 102 Å². The van der Waals surface area contributed by atoms with Gasteiger partial charge in [-0.3, -0.25) is 9.80 Å². The van der Waals surface area contributed by atoms with Crippen molar-refractivity contribution < 1.29 is 23.8 Å². The smallest absolute Gasteiger partial charge is 0.411 e.